The number of aromatic nitrogens is 2. The highest BCUT2D eigenvalue weighted by Crippen LogP contribution is 2.53. The van der Waals surface area contributed by atoms with Crippen LogP contribution in [0.3, 0.4) is 0 Å². The van der Waals surface area contributed by atoms with Crippen LogP contribution in [0.4, 0.5) is 19.6 Å². The molecule has 0 unspecified atom stereocenters. The van der Waals surface area contributed by atoms with Crippen LogP contribution in [-0.2, 0) is 4.79 Å². The number of hydrogen-bond donors (Lipinski definition) is 1. The number of carbonyl (C=O) groups excluding carboxylic acids is 2. The molecule has 2 amide bonds. The molecule has 2 saturated carbocycles. The average molecular weight is 420 g/mol. The number of pyridine rings is 1. The third-order valence-electron chi connectivity index (χ3n) is 6.09. The molecule has 154 valence electrons. The molecule has 0 aromatic carbocycles. The van der Waals surface area contributed by atoms with Gasteiger partial charge in [-0.05, 0) is 38.0 Å². The minimum atomic E-state index is -1.04. The van der Waals surface area contributed by atoms with Crippen LogP contribution in [0.25, 0.3) is 0 Å². The smallest absolute Gasteiger partial charge is 0.271 e. The fourth-order valence-corrected chi connectivity index (χ4v) is 5.49. The summed E-state index contributed by atoms with van der Waals surface area (Å²) in [6.07, 6.45) is 6.83. The second-order valence-corrected chi connectivity index (χ2v) is 9.04. The van der Waals surface area contributed by atoms with E-state index in [2.05, 4.69) is 15.3 Å². The van der Waals surface area contributed by atoms with Gasteiger partial charge in [0.2, 0.25) is 17.8 Å². The first-order chi connectivity index (χ1) is 13.8. The van der Waals surface area contributed by atoms with Gasteiger partial charge in [0.05, 0.1) is 5.69 Å². The number of nitrogens with one attached hydrogen (secondary N) is 1. The summed E-state index contributed by atoms with van der Waals surface area (Å²) in [7, 11) is 0. The Labute approximate surface area is 171 Å². The Bertz CT molecular complexity index is 951. The van der Waals surface area contributed by atoms with Crippen LogP contribution in [0.5, 0.6) is 0 Å². The lowest BCUT2D eigenvalue weighted by molar-refractivity contribution is -0.115. The molecule has 1 spiro atoms. The first kappa shape index (κ1) is 19.9. The van der Waals surface area contributed by atoms with Crippen LogP contribution in [0.1, 0.15) is 60.8 Å². The van der Waals surface area contributed by atoms with E-state index in [-0.39, 0.29) is 33.9 Å². The molecule has 2 aromatic heterocycles. The Morgan fingerprint density at radius 3 is 2.38 bits per heavy atom. The summed E-state index contributed by atoms with van der Waals surface area (Å²) >= 11 is 1.13. The summed E-state index contributed by atoms with van der Waals surface area (Å²) in [4.78, 5) is 34.2. The lowest BCUT2D eigenvalue weighted by Crippen LogP contribution is -2.54. The van der Waals surface area contributed by atoms with Crippen molar-refractivity contribution >= 4 is 34.0 Å². The second-order valence-electron chi connectivity index (χ2n) is 7.86. The first-order valence-corrected chi connectivity index (χ1v) is 10.5. The van der Waals surface area contributed by atoms with Gasteiger partial charge in [0.15, 0.2) is 5.13 Å². The molecule has 1 N–H and O–H groups in total. The fraction of sp³-hybridized carbons (Fsp3) is 0.500. The highest BCUT2D eigenvalue weighted by Gasteiger charge is 2.48. The van der Waals surface area contributed by atoms with E-state index >= 15 is 0 Å². The van der Waals surface area contributed by atoms with Crippen LogP contribution in [0.15, 0.2) is 12.1 Å². The Balaban J connectivity index is 1.59. The molecule has 0 saturated heterocycles. The molecule has 2 fully saturated rings. The number of nitrogens with zero attached hydrogens (tertiary/aromatic N) is 3. The van der Waals surface area contributed by atoms with Gasteiger partial charge >= 0.3 is 0 Å². The molecule has 29 heavy (non-hydrogen) atoms. The monoisotopic (exact) mass is 420 g/mol. The standard InChI is InChI=1S/C20H22F2N4O2S/c1-11-17(18(28)23-14-5-8-20(14)6-3-4-7-20)25-19(29-11)26(12(2)27)13-9-15(21)24-16(22)10-13/h9-10,14H,3-8H2,1-2H3,(H,23,28)/t14-/m0/s1. The Hall–Kier alpha value is -2.42. The molecular formula is C20H22F2N4O2S. The van der Waals surface area contributed by atoms with Crippen molar-refractivity contribution in [2.24, 2.45) is 5.41 Å². The maximum absolute atomic E-state index is 13.5. The molecule has 2 aromatic rings. The Morgan fingerprint density at radius 2 is 1.83 bits per heavy atom. The third-order valence-corrected chi connectivity index (χ3v) is 7.04. The quantitative estimate of drug-likeness (QED) is 0.750. The first-order valence-electron chi connectivity index (χ1n) is 9.71. The number of hydrogen-bond acceptors (Lipinski definition) is 5. The van der Waals surface area contributed by atoms with E-state index in [1.165, 1.54) is 19.8 Å². The number of anilines is 2. The molecule has 2 aliphatic rings. The summed E-state index contributed by atoms with van der Waals surface area (Å²) in [6, 6.07) is 2.08. The van der Waals surface area contributed by atoms with E-state index in [9.17, 15) is 18.4 Å². The van der Waals surface area contributed by atoms with Crippen molar-refractivity contribution in [3.63, 3.8) is 0 Å². The molecule has 1 atom stereocenters. The van der Waals surface area contributed by atoms with E-state index in [1.807, 2.05) is 0 Å². The lowest BCUT2D eigenvalue weighted by Gasteiger charge is -2.47. The number of rotatable bonds is 4. The minimum Gasteiger partial charge on any atom is -0.347 e. The topological polar surface area (TPSA) is 75.2 Å². The Morgan fingerprint density at radius 1 is 1.17 bits per heavy atom. The van der Waals surface area contributed by atoms with E-state index < -0.39 is 17.8 Å². The zero-order valence-electron chi connectivity index (χ0n) is 16.3. The van der Waals surface area contributed by atoms with Gasteiger partial charge < -0.3 is 5.32 Å². The van der Waals surface area contributed by atoms with E-state index in [0.717, 1.165) is 54.1 Å². The number of thiazole rings is 1. The number of halogens is 2. The van der Waals surface area contributed by atoms with Crippen molar-refractivity contribution in [2.45, 2.75) is 58.4 Å². The molecule has 0 bridgehead atoms. The molecule has 6 nitrogen and oxygen atoms in total. The minimum absolute atomic E-state index is 0.0212. The average Bonchev–Trinajstić information content (AvgIpc) is 3.26. The molecule has 9 heteroatoms. The summed E-state index contributed by atoms with van der Waals surface area (Å²) < 4.78 is 27.1. The predicted octanol–water partition coefficient (Wildman–Crippen LogP) is 4.26. The maximum atomic E-state index is 13.5. The van der Waals surface area contributed by atoms with Crippen LogP contribution in [0.2, 0.25) is 0 Å². The van der Waals surface area contributed by atoms with Gasteiger partial charge in [0, 0.05) is 30.0 Å². The predicted molar refractivity (Wildman–Crippen MR) is 105 cm³/mol. The van der Waals surface area contributed by atoms with Gasteiger partial charge in [-0.3, -0.25) is 14.5 Å². The highest BCUT2D eigenvalue weighted by molar-refractivity contribution is 7.16. The van der Waals surface area contributed by atoms with Gasteiger partial charge in [0.1, 0.15) is 5.69 Å². The van der Waals surface area contributed by atoms with Gasteiger partial charge in [-0.15, -0.1) is 11.3 Å². The van der Waals surface area contributed by atoms with Gasteiger partial charge in [0.25, 0.3) is 5.91 Å². The Kier molecular flexibility index (Phi) is 5.10. The largest absolute Gasteiger partial charge is 0.347 e. The summed E-state index contributed by atoms with van der Waals surface area (Å²) in [5, 5.41) is 3.31. The van der Waals surface area contributed by atoms with Crippen molar-refractivity contribution in [2.75, 3.05) is 4.90 Å². The normalized spacial score (nSPS) is 19.8. The molecular weight excluding hydrogens is 398 g/mol. The van der Waals surface area contributed by atoms with Crippen LogP contribution in [-0.4, -0.2) is 27.8 Å². The van der Waals surface area contributed by atoms with E-state index in [4.69, 9.17) is 0 Å². The number of carbonyl (C=O) groups is 2. The summed E-state index contributed by atoms with van der Waals surface area (Å²) in [5.74, 6) is -2.81. The molecule has 0 radical (unpaired) electrons. The lowest BCUT2D eigenvalue weighted by atomic mass is 9.63. The summed E-state index contributed by atoms with van der Waals surface area (Å²) in [5.41, 5.74) is 0.457. The number of amides is 2. The third kappa shape index (κ3) is 3.63. The molecule has 2 aliphatic carbocycles. The zero-order chi connectivity index (χ0) is 20.8. The van der Waals surface area contributed by atoms with E-state index in [0.29, 0.717) is 4.88 Å². The zero-order valence-corrected chi connectivity index (χ0v) is 17.1. The van der Waals surface area contributed by atoms with Crippen LogP contribution in [0, 0.1) is 24.2 Å². The highest BCUT2D eigenvalue weighted by atomic mass is 32.1. The SMILES string of the molecule is CC(=O)N(c1cc(F)nc(F)c1)c1nc(C(=O)N[C@H]2CCC23CCCC3)c(C)s1. The van der Waals surface area contributed by atoms with Crippen molar-refractivity contribution in [3.8, 4) is 0 Å². The maximum Gasteiger partial charge on any atom is 0.271 e. The second kappa shape index (κ2) is 7.44. The van der Waals surface area contributed by atoms with Crippen LogP contribution < -0.4 is 10.2 Å². The van der Waals surface area contributed by atoms with Crippen molar-refractivity contribution in [1.82, 2.24) is 15.3 Å². The van der Waals surface area contributed by atoms with E-state index in [1.54, 1.807) is 6.92 Å². The molecule has 0 aliphatic heterocycles. The van der Waals surface area contributed by atoms with Crippen LogP contribution >= 0.6 is 11.3 Å². The van der Waals surface area contributed by atoms with Gasteiger partial charge in [-0.2, -0.15) is 13.8 Å². The van der Waals surface area contributed by atoms with Crippen molar-refractivity contribution in [3.05, 3.63) is 34.6 Å². The van der Waals surface area contributed by atoms with Crippen molar-refractivity contribution < 1.29 is 18.4 Å². The van der Waals surface area contributed by atoms with Gasteiger partial charge in [-0.1, -0.05) is 12.8 Å². The molecule has 2 heterocycles. The van der Waals surface area contributed by atoms with Crippen molar-refractivity contribution in [1.29, 1.82) is 0 Å². The number of aryl methyl sites for hydroxylation is 1. The fourth-order valence-electron chi connectivity index (χ4n) is 4.52. The van der Waals surface area contributed by atoms with Gasteiger partial charge in [-0.25, -0.2) is 4.98 Å². The molecule has 4 rings (SSSR count). The summed E-state index contributed by atoms with van der Waals surface area (Å²) in [6.45, 7) is 3.01.